The summed E-state index contributed by atoms with van der Waals surface area (Å²) < 4.78 is 47.6. The first-order valence-corrected chi connectivity index (χ1v) is 11.0. The molecule has 1 saturated heterocycles. The number of esters is 3. The van der Waals surface area contributed by atoms with Crippen molar-refractivity contribution in [2.75, 3.05) is 6.61 Å². The molecule has 0 saturated carbocycles. The molecule has 0 radical (unpaired) electrons. The minimum Gasteiger partial charge on any atom is -0.463 e. The van der Waals surface area contributed by atoms with E-state index in [0.29, 0.717) is 0 Å². The fraction of sp³-hybridized carbons (Fsp3) is 0.526. The number of rotatable bonds is 6. The molecular weight excluding hydrogens is 440 g/mol. The molecule has 0 aromatic heterocycles. The lowest BCUT2D eigenvalue weighted by Crippen LogP contribution is -2.62. The van der Waals surface area contributed by atoms with Gasteiger partial charge in [-0.2, -0.15) is 0 Å². The van der Waals surface area contributed by atoms with Crippen LogP contribution in [0.15, 0.2) is 29.2 Å². The molecule has 30 heavy (non-hydrogen) atoms. The van der Waals surface area contributed by atoms with E-state index in [4.69, 9.17) is 30.5 Å². The highest BCUT2D eigenvalue weighted by atomic mass is 35.5. The van der Waals surface area contributed by atoms with Crippen molar-refractivity contribution in [3.05, 3.63) is 29.8 Å². The maximum atomic E-state index is 13.3. The molecule has 1 aliphatic heterocycles. The number of carbonyl (C=O) groups excluding carboxylic acids is 3. The van der Waals surface area contributed by atoms with Crippen LogP contribution in [0.3, 0.4) is 0 Å². The van der Waals surface area contributed by atoms with Crippen LogP contribution in [0, 0.1) is 6.92 Å². The summed E-state index contributed by atoms with van der Waals surface area (Å²) in [6, 6.07) is 6.00. The standard InChI is InChI=1S/C19H23ClO9S/c1-10-5-7-14(8-6-10)30(24,25)18-17(28-13(4)23)16(27-12(3)22)15(29-19(18)20)9-26-11(2)21/h5-8,15-19H,9H2,1-4H3/t15-,16-,17+,18-,19+/m1/s1. The lowest BCUT2D eigenvalue weighted by Gasteiger charge is -2.42. The van der Waals surface area contributed by atoms with Gasteiger partial charge in [0.15, 0.2) is 27.6 Å². The second-order valence-corrected chi connectivity index (χ2v) is 9.33. The average molecular weight is 463 g/mol. The minimum atomic E-state index is -4.18. The summed E-state index contributed by atoms with van der Waals surface area (Å²) in [6.45, 7) is 4.76. The molecule has 166 valence electrons. The van der Waals surface area contributed by atoms with Gasteiger partial charge in [0, 0.05) is 20.8 Å². The first kappa shape index (κ1) is 24.1. The van der Waals surface area contributed by atoms with Crippen LogP contribution < -0.4 is 0 Å². The quantitative estimate of drug-likeness (QED) is 0.351. The van der Waals surface area contributed by atoms with Crippen LogP contribution in [0.1, 0.15) is 26.3 Å². The fourth-order valence-electron chi connectivity index (χ4n) is 3.07. The fourth-order valence-corrected chi connectivity index (χ4v) is 5.49. The van der Waals surface area contributed by atoms with Gasteiger partial charge in [-0.3, -0.25) is 14.4 Å². The second kappa shape index (κ2) is 9.76. The summed E-state index contributed by atoms with van der Waals surface area (Å²) in [7, 11) is -4.18. The molecule has 0 bridgehead atoms. The average Bonchev–Trinajstić information content (AvgIpc) is 2.61. The van der Waals surface area contributed by atoms with Crippen molar-refractivity contribution < 1.29 is 41.7 Å². The highest BCUT2D eigenvalue weighted by molar-refractivity contribution is 7.92. The van der Waals surface area contributed by atoms with Crippen molar-refractivity contribution in [3.8, 4) is 0 Å². The Morgan fingerprint density at radius 3 is 2.00 bits per heavy atom. The molecule has 0 unspecified atom stereocenters. The Kier molecular flexibility index (Phi) is 7.84. The Morgan fingerprint density at radius 1 is 0.967 bits per heavy atom. The highest BCUT2D eigenvalue weighted by Gasteiger charge is 2.55. The summed E-state index contributed by atoms with van der Waals surface area (Å²) in [6.07, 6.45) is -4.00. The van der Waals surface area contributed by atoms with Gasteiger partial charge >= 0.3 is 17.9 Å². The van der Waals surface area contributed by atoms with Crippen molar-refractivity contribution in [1.82, 2.24) is 0 Å². The number of hydrogen-bond donors (Lipinski definition) is 0. The molecule has 1 heterocycles. The van der Waals surface area contributed by atoms with Gasteiger partial charge in [-0.05, 0) is 19.1 Å². The Balaban J connectivity index is 2.51. The first-order valence-electron chi connectivity index (χ1n) is 9.01. The van der Waals surface area contributed by atoms with Crippen molar-refractivity contribution in [2.45, 2.75) is 61.7 Å². The van der Waals surface area contributed by atoms with E-state index >= 15 is 0 Å². The summed E-state index contributed by atoms with van der Waals surface area (Å²) in [5, 5.41) is -1.58. The van der Waals surface area contributed by atoms with Gasteiger partial charge in [0.2, 0.25) is 0 Å². The number of aryl methyl sites for hydroxylation is 1. The molecule has 0 spiro atoms. The van der Waals surface area contributed by atoms with Gasteiger partial charge in [-0.25, -0.2) is 8.42 Å². The van der Waals surface area contributed by atoms with Crippen LogP contribution in [-0.2, 0) is 43.2 Å². The van der Waals surface area contributed by atoms with Gasteiger partial charge in [-0.15, -0.1) is 0 Å². The number of alkyl halides is 1. The maximum absolute atomic E-state index is 13.3. The minimum absolute atomic E-state index is 0.0653. The topological polar surface area (TPSA) is 122 Å². The number of sulfone groups is 1. The largest absolute Gasteiger partial charge is 0.463 e. The number of hydrogen-bond acceptors (Lipinski definition) is 9. The molecule has 1 aromatic carbocycles. The molecule has 0 N–H and O–H groups in total. The van der Waals surface area contributed by atoms with Gasteiger partial charge in [0.05, 0.1) is 4.90 Å². The van der Waals surface area contributed by atoms with Gasteiger partial charge in [-0.1, -0.05) is 29.3 Å². The van der Waals surface area contributed by atoms with Gasteiger partial charge < -0.3 is 18.9 Å². The van der Waals surface area contributed by atoms with E-state index in [1.807, 2.05) is 0 Å². The third kappa shape index (κ3) is 5.71. The smallest absolute Gasteiger partial charge is 0.303 e. The molecule has 2 rings (SSSR count). The van der Waals surface area contributed by atoms with Crippen molar-refractivity contribution in [2.24, 2.45) is 0 Å². The molecular formula is C19H23ClO9S. The summed E-state index contributed by atoms with van der Waals surface area (Å²) in [5.74, 6) is -2.21. The second-order valence-electron chi connectivity index (χ2n) is 6.80. The molecule has 0 aliphatic carbocycles. The predicted molar refractivity (Wildman–Crippen MR) is 104 cm³/mol. The molecule has 9 nitrogen and oxygen atoms in total. The summed E-state index contributed by atoms with van der Waals surface area (Å²) >= 11 is 6.26. The molecule has 1 aromatic rings. The van der Waals surface area contributed by atoms with Crippen LogP contribution in [0.5, 0.6) is 0 Å². The van der Waals surface area contributed by atoms with Crippen LogP contribution >= 0.6 is 11.6 Å². The molecule has 1 aliphatic rings. The van der Waals surface area contributed by atoms with Crippen molar-refractivity contribution in [3.63, 3.8) is 0 Å². The number of benzene rings is 1. The molecule has 0 amide bonds. The number of halogens is 1. The van der Waals surface area contributed by atoms with E-state index in [-0.39, 0.29) is 11.5 Å². The van der Waals surface area contributed by atoms with E-state index in [1.54, 1.807) is 19.1 Å². The highest BCUT2D eigenvalue weighted by Crippen LogP contribution is 2.35. The third-order valence-corrected chi connectivity index (χ3v) is 7.02. The Bertz CT molecular complexity index is 897. The molecule has 5 atom stereocenters. The molecule has 1 fully saturated rings. The lowest BCUT2D eigenvalue weighted by atomic mass is 10.0. The third-order valence-electron chi connectivity index (χ3n) is 4.34. The predicted octanol–water partition coefficient (Wildman–Crippen LogP) is 1.53. The first-order chi connectivity index (χ1) is 13.9. The normalized spacial score (nSPS) is 26.5. The van der Waals surface area contributed by atoms with Gasteiger partial charge in [0.25, 0.3) is 0 Å². The van der Waals surface area contributed by atoms with E-state index in [2.05, 4.69) is 0 Å². The molecule has 11 heteroatoms. The van der Waals surface area contributed by atoms with Crippen LogP contribution in [0.2, 0.25) is 0 Å². The Hall–Kier alpha value is -2.17. The maximum Gasteiger partial charge on any atom is 0.303 e. The Morgan fingerprint density at radius 2 is 1.50 bits per heavy atom. The summed E-state index contributed by atoms with van der Waals surface area (Å²) in [4.78, 5) is 34.5. The monoisotopic (exact) mass is 462 g/mol. The number of ether oxygens (including phenoxy) is 4. The van der Waals surface area contributed by atoms with Crippen molar-refractivity contribution in [1.29, 1.82) is 0 Å². The lowest BCUT2D eigenvalue weighted by molar-refractivity contribution is -0.204. The van der Waals surface area contributed by atoms with Crippen LogP contribution in [0.4, 0.5) is 0 Å². The van der Waals surface area contributed by atoms with Crippen LogP contribution in [-0.4, -0.2) is 62.1 Å². The Labute approximate surface area is 179 Å². The summed E-state index contributed by atoms with van der Waals surface area (Å²) in [5.41, 5.74) is -0.639. The van der Waals surface area contributed by atoms with Gasteiger partial charge in [0.1, 0.15) is 18.0 Å². The SMILES string of the molecule is CC(=O)OC[C@H]1O[C@H](Cl)[C@H](S(=O)(=O)c2ccc(C)cc2)[C@@H](OC(C)=O)[C@@H]1OC(C)=O. The zero-order valence-electron chi connectivity index (χ0n) is 16.9. The van der Waals surface area contributed by atoms with E-state index in [1.165, 1.54) is 12.1 Å². The number of carbonyl (C=O) groups is 3. The van der Waals surface area contributed by atoms with E-state index in [9.17, 15) is 22.8 Å². The van der Waals surface area contributed by atoms with Crippen LogP contribution in [0.25, 0.3) is 0 Å². The van der Waals surface area contributed by atoms with E-state index < -0.39 is 56.9 Å². The van der Waals surface area contributed by atoms with E-state index in [0.717, 1.165) is 26.3 Å². The zero-order valence-corrected chi connectivity index (χ0v) is 18.4. The zero-order chi connectivity index (χ0) is 22.6. The van der Waals surface area contributed by atoms with Crippen molar-refractivity contribution >= 4 is 39.3 Å².